The summed E-state index contributed by atoms with van der Waals surface area (Å²) in [5.41, 5.74) is -4.96. The molecule has 2 heterocycles. The number of ether oxygens (including phenoxy) is 1. The molecule has 4 rings (SSSR count). The van der Waals surface area contributed by atoms with Crippen LogP contribution >= 0.6 is 0 Å². The second-order valence-corrected chi connectivity index (χ2v) is 8.22. The number of nitrogens with zero attached hydrogens (tertiary/aromatic N) is 1. The second kappa shape index (κ2) is 8.45. The van der Waals surface area contributed by atoms with E-state index < -0.39 is 53.1 Å². The number of aromatic amines is 1. The summed E-state index contributed by atoms with van der Waals surface area (Å²) in [6, 6.07) is 13.9. The minimum Gasteiger partial charge on any atom is -0.478 e. The van der Waals surface area contributed by atoms with Crippen LogP contribution in [0.15, 0.2) is 76.4 Å². The normalized spacial score (nSPS) is 26.3. The Morgan fingerprint density at radius 2 is 1.71 bits per heavy atom. The smallest absolute Gasteiger partial charge is 0.335 e. The molecular formula is C24H20F2N2O6. The average Bonchev–Trinajstić information content (AvgIpc) is 2.99. The number of carboxylic acid groups (broad SMARTS) is 1. The molecule has 1 aliphatic heterocycles. The molecule has 0 unspecified atom stereocenters. The highest BCUT2D eigenvalue weighted by molar-refractivity contribution is 5.96. The third-order valence-corrected chi connectivity index (χ3v) is 5.89. The van der Waals surface area contributed by atoms with E-state index in [-0.39, 0.29) is 16.7 Å². The van der Waals surface area contributed by atoms with Gasteiger partial charge in [-0.15, -0.1) is 0 Å². The van der Waals surface area contributed by atoms with Gasteiger partial charge in [-0.2, -0.15) is 0 Å². The molecule has 1 aliphatic rings. The van der Waals surface area contributed by atoms with E-state index in [0.29, 0.717) is 4.57 Å². The Bertz CT molecular complexity index is 1370. The first kappa shape index (κ1) is 23.2. The van der Waals surface area contributed by atoms with Crippen molar-refractivity contribution >= 4 is 11.8 Å². The summed E-state index contributed by atoms with van der Waals surface area (Å²) in [6.45, 7) is 0.965. The highest BCUT2D eigenvalue weighted by Gasteiger charge is 2.66. The van der Waals surface area contributed by atoms with Gasteiger partial charge in [0.1, 0.15) is 0 Å². The van der Waals surface area contributed by atoms with E-state index in [9.17, 15) is 24.3 Å². The number of Topliss-reactive ketones (excluding diaryl/α,β-unsaturated/α-hetero) is 1. The Morgan fingerprint density at radius 1 is 1.06 bits per heavy atom. The molecule has 0 saturated carbocycles. The quantitative estimate of drug-likeness (QED) is 0.534. The van der Waals surface area contributed by atoms with Gasteiger partial charge in [-0.25, -0.2) is 18.4 Å². The minimum absolute atomic E-state index is 0.151. The molecule has 1 saturated heterocycles. The summed E-state index contributed by atoms with van der Waals surface area (Å²) >= 11 is 0. The van der Waals surface area contributed by atoms with Gasteiger partial charge in [0, 0.05) is 17.8 Å². The maximum Gasteiger partial charge on any atom is 0.335 e. The monoisotopic (exact) mass is 470 g/mol. The fourth-order valence-corrected chi connectivity index (χ4v) is 4.44. The van der Waals surface area contributed by atoms with Crippen molar-refractivity contribution in [1.82, 2.24) is 9.55 Å². The van der Waals surface area contributed by atoms with Crippen LogP contribution in [0.2, 0.25) is 0 Å². The van der Waals surface area contributed by atoms with Crippen molar-refractivity contribution in [2.24, 2.45) is 0 Å². The fraction of sp³-hybridized carbons (Fsp3) is 0.250. The first-order valence-corrected chi connectivity index (χ1v) is 10.3. The molecule has 2 aromatic carbocycles. The van der Waals surface area contributed by atoms with Gasteiger partial charge in [-0.05, 0) is 18.6 Å². The summed E-state index contributed by atoms with van der Waals surface area (Å²) in [5, 5.41) is 9.64. The number of ketones is 1. The van der Waals surface area contributed by atoms with E-state index in [1.54, 1.807) is 18.2 Å². The van der Waals surface area contributed by atoms with Crippen LogP contribution in [0.5, 0.6) is 0 Å². The number of H-pyrrole nitrogens is 1. The van der Waals surface area contributed by atoms with Crippen LogP contribution in [0.1, 0.15) is 51.8 Å². The number of aromatic carboxylic acids is 1. The Morgan fingerprint density at radius 3 is 2.35 bits per heavy atom. The van der Waals surface area contributed by atoms with E-state index in [0.717, 1.165) is 19.2 Å². The minimum atomic E-state index is -3.03. The number of aromatic nitrogens is 2. The first-order valence-electron chi connectivity index (χ1n) is 10.3. The summed E-state index contributed by atoms with van der Waals surface area (Å²) in [6.07, 6.45) is -1.89. The lowest BCUT2D eigenvalue weighted by Crippen LogP contribution is -2.41. The topological polar surface area (TPSA) is 118 Å². The van der Waals surface area contributed by atoms with Crippen molar-refractivity contribution in [3.63, 3.8) is 0 Å². The first-order chi connectivity index (χ1) is 16.0. The van der Waals surface area contributed by atoms with Crippen molar-refractivity contribution in [3.05, 3.63) is 104 Å². The van der Waals surface area contributed by atoms with Crippen LogP contribution in [0.4, 0.5) is 8.78 Å². The van der Waals surface area contributed by atoms with Crippen molar-refractivity contribution in [2.75, 3.05) is 0 Å². The van der Waals surface area contributed by atoms with Gasteiger partial charge in [0.2, 0.25) is 5.85 Å². The Labute approximate surface area is 191 Å². The van der Waals surface area contributed by atoms with Crippen molar-refractivity contribution < 1.29 is 28.2 Å². The molecule has 8 nitrogen and oxygen atoms in total. The van der Waals surface area contributed by atoms with Crippen LogP contribution < -0.4 is 11.2 Å². The number of carboxylic acids is 1. The second-order valence-electron chi connectivity index (χ2n) is 8.22. The lowest BCUT2D eigenvalue weighted by atomic mass is 9.77. The van der Waals surface area contributed by atoms with Crippen LogP contribution in [-0.4, -0.2) is 37.9 Å². The molecule has 0 aliphatic carbocycles. The highest BCUT2D eigenvalue weighted by Crippen LogP contribution is 2.58. The van der Waals surface area contributed by atoms with E-state index >= 15 is 8.78 Å². The van der Waals surface area contributed by atoms with Gasteiger partial charge < -0.3 is 9.84 Å². The van der Waals surface area contributed by atoms with Crippen molar-refractivity contribution in [3.8, 4) is 0 Å². The SMILES string of the molecule is C[C@]1(F)[C@H](n2ccc(=O)[nH]c2=O)O[C@@](F)(CC(=O)c2ccccc2)[C@H]1c1ccccc1C(=O)O. The third kappa shape index (κ3) is 3.96. The standard InChI is InChI=1S/C24H20F2N2O6/c1-23(25)19(15-9-5-6-10-16(15)20(31)32)24(26,13-17(29)14-7-3-2-4-8-14)34-21(23)28-12-11-18(30)27-22(28)33/h2-12,19,21H,13H2,1H3,(H,31,32)(H,27,30,33)/t19-,21+,23+,24-/m0/s1. The van der Waals surface area contributed by atoms with Gasteiger partial charge in [0.05, 0.1) is 17.9 Å². The molecule has 2 N–H and O–H groups in total. The molecule has 1 fully saturated rings. The number of hydrogen-bond donors (Lipinski definition) is 2. The number of rotatable bonds is 6. The molecule has 0 bridgehead atoms. The largest absolute Gasteiger partial charge is 0.478 e. The van der Waals surface area contributed by atoms with Gasteiger partial charge in [0.25, 0.3) is 5.56 Å². The van der Waals surface area contributed by atoms with E-state index in [2.05, 4.69) is 0 Å². The number of benzene rings is 2. The molecule has 0 radical (unpaired) electrons. The fourth-order valence-electron chi connectivity index (χ4n) is 4.44. The number of nitrogens with one attached hydrogen (secondary N) is 1. The number of carbonyl (C=O) groups excluding carboxylic acids is 1. The maximum absolute atomic E-state index is 16.6. The molecule has 176 valence electrons. The van der Waals surface area contributed by atoms with E-state index in [4.69, 9.17) is 4.74 Å². The number of hydrogen-bond acceptors (Lipinski definition) is 5. The summed E-state index contributed by atoms with van der Waals surface area (Å²) in [5.74, 6) is -7.05. The predicted molar refractivity (Wildman–Crippen MR) is 116 cm³/mol. The van der Waals surface area contributed by atoms with Crippen LogP contribution in [0.25, 0.3) is 0 Å². The summed E-state index contributed by atoms with van der Waals surface area (Å²) < 4.78 is 39.2. The number of alkyl halides is 2. The lowest BCUT2D eigenvalue weighted by Gasteiger charge is -2.31. The van der Waals surface area contributed by atoms with Gasteiger partial charge in [0.15, 0.2) is 17.7 Å². The van der Waals surface area contributed by atoms with Gasteiger partial charge >= 0.3 is 11.7 Å². The van der Waals surface area contributed by atoms with Crippen molar-refractivity contribution in [2.45, 2.75) is 37.0 Å². The zero-order valence-electron chi connectivity index (χ0n) is 17.9. The summed E-state index contributed by atoms with van der Waals surface area (Å²) in [7, 11) is 0. The maximum atomic E-state index is 16.6. The zero-order valence-corrected chi connectivity index (χ0v) is 17.9. The Balaban J connectivity index is 1.88. The van der Waals surface area contributed by atoms with Crippen LogP contribution in [-0.2, 0) is 4.74 Å². The van der Waals surface area contributed by atoms with Crippen LogP contribution in [0.3, 0.4) is 0 Å². The van der Waals surface area contributed by atoms with E-state index in [1.165, 1.54) is 36.4 Å². The van der Waals surface area contributed by atoms with Crippen LogP contribution in [0, 0.1) is 0 Å². The number of carbonyl (C=O) groups is 2. The summed E-state index contributed by atoms with van der Waals surface area (Å²) in [4.78, 5) is 50.5. The predicted octanol–water partition coefficient (Wildman–Crippen LogP) is 3.21. The zero-order chi connectivity index (χ0) is 24.7. The Hall–Kier alpha value is -3.92. The Kier molecular flexibility index (Phi) is 5.78. The molecular weight excluding hydrogens is 450 g/mol. The molecule has 0 amide bonds. The van der Waals surface area contributed by atoms with Gasteiger partial charge in [-0.3, -0.25) is 19.1 Å². The molecule has 0 spiro atoms. The highest BCUT2D eigenvalue weighted by atomic mass is 19.2. The van der Waals surface area contributed by atoms with E-state index in [1.807, 2.05) is 4.98 Å². The molecule has 1 aromatic heterocycles. The lowest BCUT2D eigenvalue weighted by molar-refractivity contribution is -0.164. The van der Waals surface area contributed by atoms with Gasteiger partial charge in [-0.1, -0.05) is 48.5 Å². The molecule has 34 heavy (non-hydrogen) atoms. The third-order valence-electron chi connectivity index (χ3n) is 5.89. The average molecular weight is 470 g/mol. The molecule has 4 atom stereocenters. The molecule has 3 aromatic rings. The molecule has 10 heteroatoms. The number of halogens is 2. The van der Waals surface area contributed by atoms with Crippen molar-refractivity contribution in [1.29, 1.82) is 0 Å².